The summed E-state index contributed by atoms with van der Waals surface area (Å²) in [5.41, 5.74) is 1.44. The van der Waals surface area contributed by atoms with E-state index in [1.54, 1.807) is 14.0 Å². The van der Waals surface area contributed by atoms with E-state index in [0.717, 1.165) is 32.8 Å². The Balaban J connectivity index is 1.70. The molecular formula is C37H33N4O3P. The molecule has 1 heterocycles. The molecule has 1 aromatic heterocycles. The molecule has 8 heteroatoms. The van der Waals surface area contributed by atoms with E-state index in [9.17, 15) is 5.11 Å². The topological polar surface area (TPSA) is 85.1 Å². The van der Waals surface area contributed by atoms with Crippen LogP contribution in [0.5, 0.6) is 5.75 Å². The van der Waals surface area contributed by atoms with Crippen molar-refractivity contribution in [3.63, 3.8) is 0 Å². The molecule has 0 bridgehead atoms. The van der Waals surface area contributed by atoms with Gasteiger partial charge in [0.05, 0.1) is 13.1 Å². The summed E-state index contributed by atoms with van der Waals surface area (Å²) in [5.74, 6) is 0.601. The van der Waals surface area contributed by atoms with Crippen molar-refractivity contribution in [2.45, 2.75) is 12.6 Å². The number of methoxy groups -OCH3 is 1. The van der Waals surface area contributed by atoms with E-state index in [4.69, 9.17) is 14.6 Å². The van der Waals surface area contributed by atoms with Crippen LogP contribution in [0.15, 0.2) is 152 Å². The maximum atomic E-state index is 14.3. The Bertz CT molecular complexity index is 1750. The number of hydrogen-bond acceptors (Lipinski definition) is 6. The average molecular weight is 613 g/mol. The molecule has 0 saturated heterocycles. The maximum Gasteiger partial charge on any atom is 0.205 e. The molecule has 0 amide bonds. The minimum absolute atomic E-state index is 0.192. The molecule has 0 radical (unpaired) electrons. The summed E-state index contributed by atoms with van der Waals surface area (Å²) in [5, 5.41) is 31.4. The minimum Gasteiger partial charge on any atom is -0.612 e. The lowest BCUT2D eigenvalue weighted by Gasteiger charge is -2.37. The molecule has 7 nitrogen and oxygen atoms in total. The molecule has 0 spiro atoms. The maximum absolute atomic E-state index is 14.3. The van der Waals surface area contributed by atoms with E-state index < -0.39 is 18.9 Å². The second-order valence-electron chi connectivity index (χ2n) is 10.3. The fourth-order valence-electron chi connectivity index (χ4n) is 5.76. The van der Waals surface area contributed by atoms with Crippen LogP contribution in [0, 0.1) is 0 Å². The van der Waals surface area contributed by atoms with Crippen molar-refractivity contribution in [3.8, 4) is 17.1 Å². The highest BCUT2D eigenvalue weighted by Gasteiger charge is 2.56. The van der Waals surface area contributed by atoms with Crippen LogP contribution in [0.3, 0.4) is 0 Å². The summed E-state index contributed by atoms with van der Waals surface area (Å²) in [4.78, 5) is 1.37. The number of hydrogen-bond donors (Lipinski definition) is 0. The lowest BCUT2D eigenvalue weighted by molar-refractivity contribution is -0.355. The first-order valence-electron chi connectivity index (χ1n) is 14.8. The van der Waals surface area contributed by atoms with Crippen LogP contribution in [0.25, 0.3) is 17.1 Å². The monoisotopic (exact) mass is 612 g/mol. The molecule has 0 N–H and O–H groups in total. The Labute approximate surface area is 263 Å². The van der Waals surface area contributed by atoms with E-state index >= 15 is 0 Å². The largest absolute Gasteiger partial charge is 0.612 e. The van der Waals surface area contributed by atoms with Gasteiger partial charge in [0.2, 0.25) is 5.82 Å². The van der Waals surface area contributed by atoms with Crippen molar-refractivity contribution in [1.29, 1.82) is 0 Å². The first-order valence-corrected chi connectivity index (χ1v) is 16.6. The fourth-order valence-corrected chi connectivity index (χ4v) is 10.7. The molecule has 0 fully saturated rings. The SMILES string of the molecule is CCO/C([O-])=C(/C(c1ccccc1)[P+](c1ccccc1)(c1ccccc1)c1ccccc1)n1nnc(-c2ccc(OC)cc2)n1. The van der Waals surface area contributed by atoms with Gasteiger partial charge in [0.15, 0.2) is 5.66 Å². The zero-order valence-corrected chi connectivity index (χ0v) is 26.0. The predicted octanol–water partition coefficient (Wildman–Crippen LogP) is 5.61. The Morgan fingerprint density at radius 3 is 1.67 bits per heavy atom. The fraction of sp³-hybridized carbons (Fsp3) is 0.108. The summed E-state index contributed by atoms with van der Waals surface area (Å²) in [6.07, 6.45) is 0. The van der Waals surface area contributed by atoms with E-state index in [1.807, 2.05) is 60.7 Å². The minimum atomic E-state index is -2.74. The van der Waals surface area contributed by atoms with Gasteiger partial charge in [0.1, 0.15) is 34.6 Å². The van der Waals surface area contributed by atoms with Gasteiger partial charge in [-0.2, -0.15) is 0 Å². The van der Waals surface area contributed by atoms with Crippen LogP contribution in [0.2, 0.25) is 0 Å². The average Bonchev–Trinajstić information content (AvgIpc) is 3.60. The van der Waals surface area contributed by atoms with Crippen molar-refractivity contribution >= 4 is 28.9 Å². The Morgan fingerprint density at radius 2 is 1.20 bits per heavy atom. The first-order chi connectivity index (χ1) is 22.2. The van der Waals surface area contributed by atoms with Gasteiger partial charge in [-0.25, -0.2) is 0 Å². The summed E-state index contributed by atoms with van der Waals surface area (Å²) < 4.78 is 11.1. The van der Waals surface area contributed by atoms with Gasteiger partial charge in [-0.15, -0.1) is 15.0 Å². The molecule has 45 heavy (non-hydrogen) atoms. The molecular weight excluding hydrogens is 579 g/mol. The van der Waals surface area contributed by atoms with Gasteiger partial charge < -0.3 is 14.6 Å². The predicted molar refractivity (Wildman–Crippen MR) is 179 cm³/mol. The highest BCUT2D eigenvalue weighted by atomic mass is 31.2. The Morgan fingerprint density at radius 1 is 0.711 bits per heavy atom. The van der Waals surface area contributed by atoms with E-state index in [0.29, 0.717) is 11.5 Å². The molecule has 224 valence electrons. The third kappa shape index (κ3) is 5.83. The molecule has 0 aliphatic heterocycles. The van der Waals surface area contributed by atoms with E-state index in [-0.39, 0.29) is 6.61 Å². The van der Waals surface area contributed by atoms with Gasteiger partial charge in [0.25, 0.3) is 0 Å². The van der Waals surface area contributed by atoms with Gasteiger partial charge in [-0.1, -0.05) is 91.9 Å². The molecule has 1 atom stereocenters. The number of ether oxygens (including phenoxy) is 2. The van der Waals surface area contributed by atoms with Crippen molar-refractivity contribution < 1.29 is 14.6 Å². The van der Waals surface area contributed by atoms with Gasteiger partial charge in [-0.05, 0) is 78.0 Å². The highest BCUT2D eigenvalue weighted by Crippen LogP contribution is 2.70. The van der Waals surface area contributed by atoms with Crippen LogP contribution in [0.1, 0.15) is 18.1 Å². The van der Waals surface area contributed by atoms with Crippen LogP contribution >= 0.6 is 7.26 Å². The van der Waals surface area contributed by atoms with Crippen molar-refractivity contribution in [2.75, 3.05) is 13.7 Å². The lowest BCUT2D eigenvalue weighted by atomic mass is 10.1. The van der Waals surface area contributed by atoms with E-state index in [2.05, 4.69) is 95.2 Å². The van der Waals surface area contributed by atoms with Crippen LogP contribution in [0.4, 0.5) is 0 Å². The number of rotatable bonds is 11. The summed E-state index contributed by atoms with van der Waals surface area (Å²) in [6, 6.07) is 48.8. The molecule has 6 aromatic rings. The lowest BCUT2D eigenvalue weighted by Crippen LogP contribution is -2.37. The number of nitrogens with zero attached hydrogens (tertiary/aromatic N) is 4. The van der Waals surface area contributed by atoms with Gasteiger partial charge in [0, 0.05) is 5.56 Å². The quantitative estimate of drug-likeness (QED) is 0.140. The zero-order valence-electron chi connectivity index (χ0n) is 25.1. The van der Waals surface area contributed by atoms with Crippen LogP contribution < -0.4 is 25.8 Å². The molecule has 6 rings (SSSR count). The standard InChI is InChI=1S/C37H33N4O3P/c1-3-44-37(42)34(41-39-36(38-40-41)29-24-26-30(43-2)27-25-29)35(28-16-8-4-9-17-28)45(31-18-10-5-11-19-31,32-20-12-6-13-21-32)33-22-14-7-15-23-33/h4-27,35H,3H2,1-2H3/b37-34-. The smallest absolute Gasteiger partial charge is 0.205 e. The van der Waals surface area contributed by atoms with E-state index in [1.165, 1.54) is 4.80 Å². The second kappa shape index (κ2) is 13.6. The van der Waals surface area contributed by atoms with Crippen molar-refractivity contribution in [3.05, 3.63) is 157 Å². The molecule has 1 unspecified atom stereocenters. The number of benzene rings is 5. The number of aromatic nitrogens is 4. The zero-order chi connectivity index (χ0) is 31.1. The third-order valence-corrected chi connectivity index (χ3v) is 12.4. The Hall–Kier alpha value is -5.26. The van der Waals surface area contributed by atoms with Crippen LogP contribution in [-0.2, 0) is 4.74 Å². The molecule has 0 aliphatic rings. The normalized spacial score (nSPS) is 12.7. The highest BCUT2D eigenvalue weighted by molar-refractivity contribution is 7.96. The first kappa shape index (κ1) is 29.8. The Kier molecular flexibility index (Phi) is 8.99. The van der Waals surface area contributed by atoms with Gasteiger partial charge in [-0.3, -0.25) is 0 Å². The molecule has 0 saturated carbocycles. The van der Waals surface area contributed by atoms with Crippen LogP contribution in [-0.4, -0.2) is 33.9 Å². The summed E-state index contributed by atoms with van der Waals surface area (Å²) in [6.45, 7) is 2.00. The molecule has 5 aromatic carbocycles. The van der Waals surface area contributed by atoms with Crippen molar-refractivity contribution in [2.24, 2.45) is 0 Å². The van der Waals surface area contributed by atoms with Crippen molar-refractivity contribution in [1.82, 2.24) is 20.2 Å². The number of allylic oxidation sites excluding steroid dienone is 1. The summed E-state index contributed by atoms with van der Waals surface area (Å²) >= 11 is 0. The third-order valence-electron chi connectivity index (χ3n) is 7.71. The molecule has 0 aliphatic carbocycles. The second-order valence-corrected chi connectivity index (χ2v) is 13.8. The van der Waals surface area contributed by atoms with Gasteiger partial charge >= 0.3 is 0 Å². The number of tetrazole rings is 1. The summed E-state index contributed by atoms with van der Waals surface area (Å²) in [7, 11) is -1.12.